The van der Waals surface area contributed by atoms with E-state index in [9.17, 15) is 4.79 Å². The van der Waals surface area contributed by atoms with Gasteiger partial charge in [0, 0.05) is 23.1 Å². The molecule has 0 N–H and O–H groups in total. The highest BCUT2D eigenvalue weighted by atomic mass is 79.9. The molecule has 140 valence electrons. The van der Waals surface area contributed by atoms with Crippen LogP contribution >= 0.6 is 15.9 Å². The number of hydrogen-bond acceptors (Lipinski definition) is 2. The monoisotopic (exact) mass is 425 g/mol. The predicted octanol–water partition coefficient (Wildman–Crippen LogP) is 5.26. The maximum Gasteiger partial charge on any atom is 0.242 e. The molecule has 0 aliphatic heterocycles. The molecule has 27 heavy (non-hydrogen) atoms. The zero-order valence-electron chi connectivity index (χ0n) is 15.6. The molecule has 1 amide bonds. The van der Waals surface area contributed by atoms with E-state index < -0.39 is 0 Å². The van der Waals surface area contributed by atoms with E-state index in [-0.39, 0.29) is 5.91 Å². The topological polar surface area (TPSA) is 38.1 Å². The fraction of sp³-hybridized carbons (Fsp3) is 0.364. The normalized spacial score (nSPS) is 15.2. The fourth-order valence-corrected chi connectivity index (χ4v) is 4.24. The van der Waals surface area contributed by atoms with Gasteiger partial charge < -0.3 is 9.47 Å². The highest BCUT2D eigenvalue weighted by Crippen LogP contribution is 2.27. The number of para-hydroxylation sites is 2. The van der Waals surface area contributed by atoms with Crippen LogP contribution in [0.4, 0.5) is 0 Å². The summed E-state index contributed by atoms with van der Waals surface area (Å²) >= 11 is 3.49. The number of amides is 1. The van der Waals surface area contributed by atoms with Crippen LogP contribution in [0.5, 0.6) is 0 Å². The fourth-order valence-electron chi connectivity index (χ4n) is 3.97. The molecule has 5 heteroatoms. The average molecular weight is 426 g/mol. The van der Waals surface area contributed by atoms with E-state index in [1.165, 1.54) is 19.3 Å². The Balaban J connectivity index is 1.68. The van der Waals surface area contributed by atoms with Crippen LogP contribution in [-0.4, -0.2) is 33.4 Å². The Kier molecular flexibility index (Phi) is 5.30. The molecule has 1 aliphatic carbocycles. The maximum atomic E-state index is 13.1. The van der Waals surface area contributed by atoms with Crippen LogP contribution in [0.15, 0.2) is 53.0 Å². The third-order valence-corrected chi connectivity index (χ3v) is 6.09. The lowest BCUT2D eigenvalue weighted by atomic mass is 9.94. The number of hydrogen-bond donors (Lipinski definition) is 0. The number of imidazole rings is 1. The van der Waals surface area contributed by atoms with Crippen molar-refractivity contribution < 1.29 is 4.79 Å². The predicted molar refractivity (Wildman–Crippen MR) is 113 cm³/mol. The van der Waals surface area contributed by atoms with Crippen molar-refractivity contribution in [3.63, 3.8) is 0 Å². The van der Waals surface area contributed by atoms with Gasteiger partial charge in [0.05, 0.1) is 11.0 Å². The molecule has 0 saturated heterocycles. The Labute approximate surface area is 168 Å². The third-order valence-electron chi connectivity index (χ3n) is 5.57. The smallest absolute Gasteiger partial charge is 0.242 e. The van der Waals surface area contributed by atoms with Gasteiger partial charge in [-0.1, -0.05) is 59.5 Å². The van der Waals surface area contributed by atoms with E-state index >= 15 is 0 Å². The summed E-state index contributed by atoms with van der Waals surface area (Å²) in [7, 11) is 1.96. The van der Waals surface area contributed by atoms with Gasteiger partial charge in [-0.05, 0) is 37.1 Å². The number of rotatable bonds is 4. The quantitative estimate of drug-likeness (QED) is 0.571. The standard InChI is InChI=1S/C22H24BrN3O/c1-25(18-7-3-2-4-8-18)21(27)15-26-20-10-6-5-9-19(20)24-22(26)16-11-13-17(23)14-12-16/h5-6,9-14,18H,2-4,7-8,15H2,1H3. The van der Waals surface area contributed by atoms with Crippen molar-refractivity contribution in [1.82, 2.24) is 14.5 Å². The molecule has 1 fully saturated rings. The van der Waals surface area contributed by atoms with Gasteiger partial charge in [-0.2, -0.15) is 0 Å². The molecular formula is C22H24BrN3O. The number of carbonyl (C=O) groups excluding carboxylic acids is 1. The molecule has 3 aromatic rings. The first-order chi connectivity index (χ1) is 13.1. The van der Waals surface area contributed by atoms with Crippen LogP contribution < -0.4 is 0 Å². The third kappa shape index (κ3) is 3.79. The van der Waals surface area contributed by atoms with Gasteiger partial charge in [0.15, 0.2) is 0 Å². The van der Waals surface area contributed by atoms with Gasteiger partial charge in [-0.25, -0.2) is 4.98 Å². The van der Waals surface area contributed by atoms with E-state index in [1.54, 1.807) is 0 Å². The molecule has 0 spiro atoms. The minimum absolute atomic E-state index is 0.156. The Bertz CT molecular complexity index is 942. The Morgan fingerprint density at radius 1 is 1.11 bits per heavy atom. The van der Waals surface area contributed by atoms with E-state index in [0.717, 1.165) is 39.7 Å². The van der Waals surface area contributed by atoms with Crippen molar-refractivity contribution in [3.8, 4) is 11.4 Å². The maximum absolute atomic E-state index is 13.1. The number of halogens is 1. The Morgan fingerprint density at radius 2 is 1.81 bits per heavy atom. The molecule has 1 saturated carbocycles. The Hall–Kier alpha value is -2.14. The van der Waals surface area contributed by atoms with Crippen molar-refractivity contribution >= 4 is 32.9 Å². The SMILES string of the molecule is CN(C(=O)Cn1c(-c2ccc(Br)cc2)nc2ccccc21)C1CCCCC1. The number of carbonyl (C=O) groups is 1. The highest BCUT2D eigenvalue weighted by molar-refractivity contribution is 9.10. The first-order valence-corrected chi connectivity index (χ1v) is 10.4. The van der Waals surface area contributed by atoms with Crippen LogP contribution in [0.3, 0.4) is 0 Å². The molecule has 0 atom stereocenters. The second-order valence-electron chi connectivity index (χ2n) is 7.31. The molecule has 0 unspecified atom stereocenters. The molecule has 1 heterocycles. The lowest BCUT2D eigenvalue weighted by Crippen LogP contribution is -2.40. The first-order valence-electron chi connectivity index (χ1n) is 9.60. The van der Waals surface area contributed by atoms with Crippen molar-refractivity contribution in [3.05, 3.63) is 53.0 Å². The van der Waals surface area contributed by atoms with Crippen LogP contribution in [0, 0.1) is 0 Å². The molecule has 1 aliphatic rings. The summed E-state index contributed by atoms with van der Waals surface area (Å²) in [5.41, 5.74) is 2.94. The van der Waals surface area contributed by atoms with E-state index in [2.05, 4.69) is 20.5 Å². The number of likely N-dealkylation sites (N-methyl/N-ethyl adjacent to an activating group) is 1. The lowest BCUT2D eigenvalue weighted by Gasteiger charge is -2.31. The number of aromatic nitrogens is 2. The molecule has 4 rings (SSSR count). The molecule has 1 aromatic heterocycles. The summed E-state index contributed by atoms with van der Waals surface area (Å²) in [6.45, 7) is 0.318. The van der Waals surface area contributed by atoms with Gasteiger partial charge in [0.2, 0.25) is 5.91 Å². The van der Waals surface area contributed by atoms with Gasteiger partial charge in [-0.3, -0.25) is 4.79 Å². The summed E-state index contributed by atoms with van der Waals surface area (Å²) in [5.74, 6) is 0.998. The summed E-state index contributed by atoms with van der Waals surface area (Å²) in [5, 5.41) is 0. The van der Waals surface area contributed by atoms with Gasteiger partial charge >= 0.3 is 0 Å². The molecule has 4 nitrogen and oxygen atoms in total. The first kappa shape index (κ1) is 18.2. The largest absolute Gasteiger partial charge is 0.341 e. The number of fused-ring (bicyclic) bond motifs is 1. The summed E-state index contributed by atoms with van der Waals surface area (Å²) in [6.07, 6.45) is 5.97. The van der Waals surface area contributed by atoms with Crippen LogP contribution in [-0.2, 0) is 11.3 Å². The van der Waals surface area contributed by atoms with Crippen LogP contribution in [0.1, 0.15) is 32.1 Å². The number of benzene rings is 2. The second-order valence-corrected chi connectivity index (χ2v) is 8.23. The van der Waals surface area contributed by atoms with Gasteiger partial charge in [-0.15, -0.1) is 0 Å². The Morgan fingerprint density at radius 3 is 2.56 bits per heavy atom. The van der Waals surface area contributed by atoms with E-state index in [0.29, 0.717) is 12.6 Å². The van der Waals surface area contributed by atoms with E-state index in [4.69, 9.17) is 4.98 Å². The van der Waals surface area contributed by atoms with Gasteiger partial charge in [0.25, 0.3) is 0 Å². The van der Waals surface area contributed by atoms with Crippen molar-refractivity contribution in [2.24, 2.45) is 0 Å². The molecule has 0 radical (unpaired) electrons. The van der Waals surface area contributed by atoms with Gasteiger partial charge in [0.1, 0.15) is 12.4 Å². The highest BCUT2D eigenvalue weighted by Gasteiger charge is 2.23. The zero-order chi connectivity index (χ0) is 18.8. The lowest BCUT2D eigenvalue weighted by molar-refractivity contribution is -0.133. The summed E-state index contributed by atoms with van der Waals surface area (Å²) in [6, 6.07) is 16.5. The molecular weight excluding hydrogens is 402 g/mol. The summed E-state index contributed by atoms with van der Waals surface area (Å²) in [4.78, 5) is 19.8. The second kappa shape index (κ2) is 7.85. The minimum Gasteiger partial charge on any atom is -0.341 e. The summed E-state index contributed by atoms with van der Waals surface area (Å²) < 4.78 is 3.09. The van der Waals surface area contributed by atoms with Crippen LogP contribution in [0.25, 0.3) is 22.4 Å². The van der Waals surface area contributed by atoms with Crippen molar-refractivity contribution in [2.45, 2.75) is 44.7 Å². The molecule has 2 aromatic carbocycles. The molecule has 0 bridgehead atoms. The van der Waals surface area contributed by atoms with Crippen molar-refractivity contribution in [2.75, 3.05) is 7.05 Å². The van der Waals surface area contributed by atoms with Crippen molar-refractivity contribution in [1.29, 1.82) is 0 Å². The average Bonchev–Trinajstić information content (AvgIpc) is 3.07. The van der Waals surface area contributed by atoms with E-state index in [1.807, 2.05) is 60.5 Å². The zero-order valence-corrected chi connectivity index (χ0v) is 17.2. The van der Waals surface area contributed by atoms with Crippen LogP contribution in [0.2, 0.25) is 0 Å². The minimum atomic E-state index is 0.156. The number of nitrogens with zero attached hydrogens (tertiary/aromatic N) is 3.